The van der Waals surface area contributed by atoms with Crippen molar-refractivity contribution in [1.29, 1.82) is 0 Å². The number of hydrogen-bond donors (Lipinski definition) is 1. The number of carbonyl (C=O) groups excluding carboxylic acids is 1. The molecule has 0 aliphatic heterocycles. The third kappa shape index (κ3) is 2.67. The average Bonchev–Trinajstić information content (AvgIpc) is 2.89. The number of hydrogen-bond acceptors (Lipinski definition) is 3. The van der Waals surface area contributed by atoms with Crippen LogP contribution in [0, 0.1) is 6.92 Å². The molecule has 21 heavy (non-hydrogen) atoms. The second kappa shape index (κ2) is 5.20. The number of aryl methyl sites for hydroxylation is 1. The number of carbonyl (C=O) groups is 1. The second-order valence-electron chi connectivity index (χ2n) is 4.78. The van der Waals surface area contributed by atoms with Crippen LogP contribution in [0.4, 0.5) is 0 Å². The highest BCUT2D eigenvalue weighted by Crippen LogP contribution is 2.14. The fourth-order valence-corrected chi connectivity index (χ4v) is 2.02. The summed E-state index contributed by atoms with van der Waals surface area (Å²) in [5.74, 6) is -0.573. The van der Waals surface area contributed by atoms with Crippen LogP contribution in [-0.4, -0.2) is 20.9 Å². The van der Waals surface area contributed by atoms with Gasteiger partial charge in [-0.05, 0) is 30.7 Å². The van der Waals surface area contributed by atoms with Crippen LogP contribution in [0.5, 0.6) is 0 Å². The van der Waals surface area contributed by atoms with Gasteiger partial charge in [-0.15, -0.1) is 15.0 Å². The van der Waals surface area contributed by atoms with Gasteiger partial charge in [-0.2, -0.15) is 0 Å². The number of fused-ring (bicyclic) bond motifs is 1. The standard InChI is InChI=1S/C16H14N4O/c1-11-6-8-12(9-7-11)10-15(16(17)21)20-18-13-4-2-3-5-14(13)19-20/h2-10H,1H3,(H2,17,21)/b15-10+. The summed E-state index contributed by atoms with van der Waals surface area (Å²) in [4.78, 5) is 13.0. The third-order valence-electron chi connectivity index (χ3n) is 3.14. The van der Waals surface area contributed by atoms with Gasteiger partial charge in [0.2, 0.25) is 0 Å². The van der Waals surface area contributed by atoms with Crippen molar-refractivity contribution >= 4 is 28.7 Å². The molecule has 2 aromatic carbocycles. The number of benzene rings is 2. The van der Waals surface area contributed by atoms with Crippen LogP contribution >= 0.6 is 0 Å². The highest BCUT2D eigenvalue weighted by atomic mass is 16.1. The largest absolute Gasteiger partial charge is 0.364 e. The minimum atomic E-state index is -0.573. The molecule has 0 aliphatic rings. The molecule has 0 fully saturated rings. The summed E-state index contributed by atoms with van der Waals surface area (Å²) in [6.07, 6.45) is 1.68. The molecule has 0 bridgehead atoms. The molecule has 0 aliphatic carbocycles. The first-order valence-corrected chi connectivity index (χ1v) is 6.54. The number of primary amides is 1. The zero-order chi connectivity index (χ0) is 14.8. The van der Waals surface area contributed by atoms with E-state index in [0.29, 0.717) is 11.0 Å². The Balaban J connectivity index is 2.09. The van der Waals surface area contributed by atoms with Crippen LogP contribution in [0.15, 0.2) is 48.5 Å². The van der Waals surface area contributed by atoms with Crippen molar-refractivity contribution in [2.75, 3.05) is 0 Å². The average molecular weight is 278 g/mol. The van der Waals surface area contributed by atoms with Gasteiger partial charge in [-0.1, -0.05) is 42.0 Å². The molecule has 5 heteroatoms. The first-order chi connectivity index (χ1) is 10.1. The Morgan fingerprint density at radius 1 is 1.05 bits per heavy atom. The number of rotatable bonds is 3. The molecule has 2 N–H and O–H groups in total. The van der Waals surface area contributed by atoms with E-state index < -0.39 is 5.91 Å². The molecule has 0 saturated carbocycles. The van der Waals surface area contributed by atoms with Gasteiger partial charge in [-0.3, -0.25) is 4.79 Å². The lowest BCUT2D eigenvalue weighted by atomic mass is 10.1. The lowest BCUT2D eigenvalue weighted by Gasteiger charge is -2.02. The van der Waals surface area contributed by atoms with Crippen molar-refractivity contribution in [2.24, 2.45) is 5.73 Å². The number of nitrogens with two attached hydrogens (primary N) is 1. The topological polar surface area (TPSA) is 73.8 Å². The van der Waals surface area contributed by atoms with Crippen LogP contribution in [0.3, 0.4) is 0 Å². The number of nitrogens with zero attached hydrogens (tertiary/aromatic N) is 3. The molecular formula is C16H14N4O. The molecule has 0 unspecified atom stereocenters. The van der Waals surface area contributed by atoms with E-state index >= 15 is 0 Å². The quantitative estimate of drug-likeness (QED) is 0.746. The van der Waals surface area contributed by atoms with Crippen molar-refractivity contribution in [2.45, 2.75) is 6.92 Å². The maximum atomic E-state index is 11.7. The molecular weight excluding hydrogens is 264 g/mol. The van der Waals surface area contributed by atoms with E-state index in [1.807, 2.05) is 55.5 Å². The number of amides is 1. The van der Waals surface area contributed by atoms with Gasteiger partial charge in [0, 0.05) is 0 Å². The van der Waals surface area contributed by atoms with Crippen molar-refractivity contribution < 1.29 is 4.79 Å². The van der Waals surface area contributed by atoms with E-state index in [4.69, 9.17) is 5.73 Å². The molecule has 3 rings (SSSR count). The molecule has 1 heterocycles. The number of aromatic nitrogens is 3. The van der Waals surface area contributed by atoms with Crippen LogP contribution in [-0.2, 0) is 4.79 Å². The van der Waals surface area contributed by atoms with Crippen molar-refractivity contribution in [3.05, 3.63) is 59.7 Å². The molecule has 0 radical (unpaired) electrons. The van der Waals surface area contributed by atoms with Gasteiger partial charge in [-0.25, -0.2) is 0 Å². The smallest absolute Gasteiger partial charge is 0.269 e. The fourth-order valence-electron chi connectivity index (χ4n) is 2.02. The van der Waals surface area contributed by atoms with E-state index in [1.165, 1.54) is 4.80 Å². The zero-order valence-corrected chi connectivity index (χ0v) is 11.5. The van der Waals surface area contributed by atoms with Gasteiger partial charge in [0.15, 0.2) is 5.70 Å². The summed E-state index contributed by atoms with van der Waals surface area (Å²) in [5.41, 5.74) is 9.14. The lowest BCUT2D eigenvalue weighted by molar-refractivity contribution is -0.113. The Labute approximate surface area is 121 Å². The monoisotopic (exact) mass is 278 g/mol. The normalized spacial score (nSPS) is 11.8. The van der Waals surface area contributed by atoms with Crippen LogP contribution < -0.4 is 5.73 Å². The summed E-state index contributed by atoms with van der Waals surface area (Å²) in [5, 5.41) is 8.57. The van der Waals surface area contributed by atoms with E-state index in [1.54, 1.807) is 6.08 Å². The molecule has 0 saturated heterocycles. The highest BCUT2D eigenvalue weighted by molar-refractivity contribution is 6.17. The summed E-state index contributed by atoms with van der Waals surface area (Å²) in [7, 11) is 0. The molecule has 0 atom stereocenters. The van der Waals surface area contributed by atoms with E-state index in [-0.39, 0.29) is 5.70 Å². The zero-order valence-electron chi connectivity index (χ0n) is 11.5. The molecule has 3 aromatic rings. The highest BCUT2D eigenvalue weighted by Gasteiger charge is 2.12. The van der Waals surface area contributed by atoms with Crippen LogP contribution in [0.2, 0.25) is 0 Å². The molecule has 104 valence electrons. The lowest BCUT2D eigenvalue weighted by Crippen LogP contribution is -2.19. The first-order valence-electron chi connectivity index (χ1n) is 6.54. The fraction of sp³-hybridized carbons (Fsp3) is 0.0625. The minimum Gasteiger partial charge on any atom is -0.364 e. The van der Waals surface area contributed by atoms with Gasteiger partial charge in [0.25, 0.3) is 5.91 Å². The molecule has 0 spiro atoms. The second-order valence-corrected chi connectivity index (χ2v) is 4.78. The summed E-state index contributed by atoms with van der Waals surface area (Å²) in [6.45, 7) is 2.00. The summed E-state index contributed by atoms with van der Waals surface area (Å²) >= 11 is 0. The van der Waals surface area contributed by atoms with E-state index in [2.05, 4.69) is 10.2 Å². The Morgan fingerprint density at radius 2 is 1.62 bits per heavy atom. The summed E-state index contributed by atoms with van der Waals surface area (Å²) in [6, 6.07) is 15.2. The Kier molecular flexibility index (Phi) is 3.23. The Bertz CT molecular complexity index is 798. The molecule has 1 aromatic heterocycles. The summed E-state index contributed by atoms with van der Waals surface area (Å²) < 4.78 is 0. The minimum absolute atomic E-state index is 0.232. The predicted molar refractivity (Wildman–Crippen MR) is 82.1 cm³/mol. The maximum absolute atomic E-state index is 11.7. The van der Waals surface area contributed by atoms with Crippen molar-refractivity contribution in [3.8, 4) is 0 Å². The molecule has 5 nitrogen and oxygen atoms in total. The van der Waals surface area contributed by atoms with Crippen molar-refractivity contribution in [3.63, 3.8) is 0 Å². The molecule has 1 amide bonds. The van der Waals surface area contributed by atoms with E-state index in [9.17, 15) is 4.79 Å². The van der Waals surface area contributed by atoms with E-state index in [0.717, 1.165) is 11.1 Å². The van der Waals surface area contributed by atoms with Crippen molar-refractivity contribution in [1.82, 2.24) is 15.0 Å². The predicted octanol–water partition coefficient (Wildman–Crippen LogP) is 2.22. The Hall–Kier alpha value is -2.95. The third-order valence-corrected chi connectivity index (χ3v) is 3.14. The van der Waals surface area contributed by atoms with Gasteiger partial charge in [0.05, 0.1) is 0 Å². The maximum Gasteiger partial charge on any atom is 0.269 e. The van der Waals surface area contributed by atoms with Gasteiger partial charge >= 0.3 is 0 Å². The van der Waals surface area contributed by atoms with Gasteiger partial charge < -0.3 is 5.73 Å². The first kappa shape index (κ1) is 13.1. The van der Waals surface area contributed by atoms with Crippen LogP contribution in [0.1, 0.15) is 11.1 Å². The SMILES string of the molecule is Cc1ccc(/C=C(\C(N)=O)n2nc3ccccc3n2)cc1. The van der Waals surface area contributed by atoms with Crippen LogP contribution in [0.25, 0.3) is 22.8 Å². The Morgan fingerprint density at radius 3 is 2.14 bits per heavy atom. The van der Waals surface area contributed by atoms with Gasteiger partial charge in [0.1, 0.15) is 11.0 Å².